The van der Waals surface area contributed by atoms with Crippen molar-refractivity contribution in [3.8, 4) is 0 Å². The van der Waals surface area contributed by atoms with Crippen LogP contribution in [0.3, 0.4) is 0 Å². The minimum atomic E-state index is 0.655. The molecule has 0 radical (unpaired) electrons. The van der Waals surface area contributed by atoms with Crippen LogP contribution < -0.4 is 0 Å². The number of benzene rings is 1. The minimum Gasteiger partial charge on any atom is -0.103 e. The van der Waals surface area contributed by atoms with E-state index in [0.29, 0.717) is 5.92 Å². The second-order valence-corrected chi connectivity index (χ2v) is 10.8. The van der Waals surface area contributed by atoms with Gasteiger partial charge in [0.15, 0.2) is 0 Å². The summed E-state index contributed by atoms with van der Waals surface area (Å²) in [4.78, 5) is 0. The lowest BCUT2D eigenvalue weighted by Crippen LogP contribution is -2.17. The highest BCUT2D eigenvalue weighted by Gasteiger charge is 2.36. The molecule has 0 bridgehead atoms. The van der Waals surface area contributed by atoms with Crippen LogP contribution in [0, 0.1) is 17.8 Å². The molecule has 1 aromatic rings. The zero-order chi connectivity index (χ0) is 25.8. The average Bonchev–Trinajstić information content (AvgIpc) is 3.51. The molecule has 2 fully saturated rings. The number of hydrogen-bond donors (Lipinski definition) is 0. The molecule has 0 nitrogen and oxygen atoms in total. The van der Waals surface area contributed by atoms with Gasteiger partial charge in [-0.1, -0.05) is 102 Å². The van der Waals surface area contributed by atoms with Crippen molar-refractivity contribution in [2.75, 3.05) is 0 Å². The molecule has 3 aliphatic carbocycles. The van der Waals surface area contributed by atoms with Gasteiger partial charge in [0.25, 0.3) is 0 Å². The summed E-state index contributed by atoms with van der Waals surface area (Å²) in [6.45, 7) is 20.9. The highest BCUT2D eigenvalue weighted by molar-refractivity contribution is 5.71. The monoisotopic (exact) mass is 476 g/mol. The molecule has 0 N–H and O–H groups in total. The van der Waals surface area contributed by atoms with Gasteiger partial charge in [0.05, 0.1) is 0 Å². The van der Waals surface area contributed by atoms with Gasteiger partial charge in [-0.3, -0.25) is 0 Å². The summed E-state index contributed by atoms with van der Waals surface area (Å²) in [6.07, 6.45) is 22.3. The fourth-order valence-corrected chi connectivity index (χ4v) is 6.86. The molecule has 3 unspecified atom stereocenters. The first kappa shape index (κ1) is 29.7. The fraction of sp³-hybridized carbons (Fsp3) is 0.657. The van der Waals surface area contributed by atoms with Gasteiger partial charge in [0, 0.05) is 5.92 Å². The molecule has 0 heteroatoms. The number of allylic oxidation sites excluding steroid dienone is 3. The van der Waals surface area contributed by atoms with E-state index < -0.39 is 0 Å². The molecule has 2 saturated carbocycles. The lowest BCUT2D eigenvalue weighted by atomic mass is 9.74. The quantitative estimate of drug-likeness (QED) is 0.311. The van der Waals surface area contributed by atoms with E-state index in [1.54, 1.807) is 27.8 Å². The van der Waals surface area contributed by atoms with Crippen LogP contribution in [0.5, 0.6) is 0 Å². The van der Waals surface area contributed by atoms with Crippen molar-refractivity contribution in [2.24, 2.45) is 17.8 Å². The minimum absolute atomic E-state index is 0.655. The van der Waals surface area contributed by atoms with Crippen LogP contribution in [-0.2, 0) is 12.8 Å². The van der Waals surface area contributed by atoms with Gasteiger partial charge in [0.1, 0.15) is 0 Å². The first-order valence-electron chi connectivity index (χ1n) is 15.2. The first-order chi connectivity index (χ1) is 17.1. The first-order valence-corrected chi connectivity index (χ1v) is 15.2. The highest BCUT2D eigenvalue weighted by Crippen LogP contribution is 2.51. The van der Waals surface area contributed by atoms with Crippen molar-refractivity contribution >= 4 is 6.08 Å². The van der Waals surface area contributed by atoms with Gasteiger partial charge >= 0.3 is 0 Å². The molecule has 0 aromatic heterocycles. The summed E-state index contributed by atoms with van der Waals surface area (Å²) in [5.41, 5.74) is 9.62. The predicted molar refractivity (Wildman–Crippen MR) is 159 cm³/mol. The molecule has 1 aromatic carbocycles. The van der Waals surface area contributed by atoms with Crippen LogP contribution in [0.2, 0.25) is 0 Å². The van der Waals surface area contributed by atoms with Crippen LogP contribution in [0.25, 0.3) is 6.08 Å². The molecule has 196 valence electrons. The topological polar surface area (TPSA) is 0 Å². The van der Waals surface area contributed by atoms with Crippen LogP contribution >= 0.6 is 0 Å². The maximum Gasteiger partial charge on any atom is 0.00631 e. The van der Waals surface area contributed by atoms with Crippen molar-refractivity contribution in [2.45, 2.75) is 131 Å². The number of rotatable bonds is 9. The Balaban J connectivity index is 0.00000103. The summed E-state index contributed by atoms with van der Waals surface area (Å²) >= 11 is 0. The Kier molecular flexibility index (Phi) is 13.2. The molecule has 4 rings (SSSR count). The molecule has 0 saturated heterocycles. The van der Waals surface area contributed by atoms with E-state index in [1.807, 2.05) is 27.7 Å². The van der Waals surface area contributed by atoms with Crippen LogP contribution in [0.4, 0.5) is 0 Å². The summed E-state index contributed by atoms with van der Waals surface area (Å²) in [6, 6.07) is 5.01. The summed E-state index contributed by atoms with van der Waals surface area (Å²) in [7, 11) is 0. The molecule has 35 heavy (non-hydrogen) atoms. The van der Waals surface area contributed by atoms with Crippen molar-refractivity contribution < 1.29 is 0 Å². The average molecular weight is 477 g/mol. The van der Waals surface area contributed by atoms with Crippen molar-refractivity contribution in [1.82, 2.24) is 0 Å². The summed E-state index contributed by atoms with van der Waals surface area (Å²) in [5, 5.41) is 0. The maximum atomic E-state index is 4.20. The largest absolute Gasteiger partial charge is 0.103 e. The number of aryl methyl sites for hydroxylation is 1. The predicted octanol–water partition coefficient (Wildman–Crippen LogP) is 11.3. The Hall–Kier alpha value is -1.56. The van der Waals surface area contributed by atoms with Crippen molar-refractivity contribution in [1.29, 1.82) is 0 Å². The number of hydrogen-bond acceptors (Lipinski definition) is 0. The zero-order valence-electron chi connectivity index (χ0n) is 24.2. The van der Waals surface area contributed by atoms with Crippen molar-refractivity contribution in [3.05, 3.63) is 64.8 Å². The molecule has 3 aliphatic rings. The van der Waals surface area contributed by atoms with E-state index >= 15 is 0 Å². The van der Waals surface area contributed by atoms with Gasteiger partial charge in [-0.15, -0.1) is 13.2 Å². The van der Waals surface area contributed by atoms with Gasteiger partial charge in [-0.25, -0.2) is 0 Å². The third-order valence-electron chi connectivity index (χ3n) is 8.53. The summed E-state index contributed by atoms with van der Waals surface area (Å²) < 4.78 is 0. The molecule has 0 aliphatic heterocycles. The van der Waals surface area contributed by atoms with Crippen LogP contribution in [-0.4, -0.2) is 0 Å². The van der Waals surface area contributed by atoms with E-state index in [1.165, 1.54) is 76.2 Å². The molecule has 3 atom stereocenters. The fourth-order valence-electron chi connectivity index (χ4n) is 6.86. The lowest BCUT2D eigenvalue weighted by molar-refractivity contribution is 0.357. The third kappa shape index (κ3) is 7.47. The van der Waals surface area contributed by atoms with E-state index in [2.05, 4.69) is 51.3 Å². The van der Waals surface area contributed by atoms with E-state index in [0.717, 1.165) is 30.6 Å². The Morgan fingerprint density at radius 2 is 1.66 bits per heavy atom. The highest BCUT2D eigenvalue weighted by atomic mass is 14.4. The normalized spacial score (nSPS) is 23.4. The number of fused-ring (bicyclic) bond motifs is 1. The van der Waals surface area contributed by atoms with E-state index in [9.17, 15) is 0 Å². The van der Waals surface area contributed by atoms with Gasteiger partial charge in [0.2, 0.25) is 0 Å². The second kappa shape index (κ2) is 15.5. The van der Waals surface area contributed by atoms with E-state index in [-0.39, 0.29) is 0 Å². The third-order valence-corrected chi connectivity index (χ3v) is 8.53. The Labute approximate surface area is 219 Å². The Bertz CT molecular complexity index is 817. The molecular weight excluding hydrogens is 420 g/mol. The standard InChI is InChI=1S/C31H44.2C2H6/c1-5-11-24-17-19-28-30(20-26-15-10-14-23(26)6-2)29(25-12-8-7-9-13-25)21-31(28)27(24)18-16-22(3)4;2*1-2/h6,17,19,21,23,25-26,30H,2-3,5,7-16,18,20H2,1,4H3;2*1-2H3. The van der Waals surface area contributed by atoms with Crippen molar-refractivity contribution in [3.63, 3.8) is 0 Å². The molecule has 0 heterocycles. The second-order valence-electron chi connectivity index (χ2n) is 10.8. The smallest absolute Gasteiger partial charge is 0.00631 e. The van der Waals surface area contributed by atoms with Gasteiger partial charge in [-0.05, 0) is 98.3 Å². The zero-order valence-corrected chi connectivity index (χ0v) is 24.2. The molecule has 0 spiro atoms. The van der Waals surface area contributed by atoms with Crippen LogP contribution in [0.15, 0.2) is 42.5 Å². The SMILES string of the molecule is C=CC1CCCC1CC1C(C2CCCCC2)=Cc2c1ccc(CCC)c2CCC(=C)C.CC.CC. The maximum absolute atomic E-state index is 4.20. The Morgan fingerprint density at radius 3 is 2.29 bits per heavy atom. The summed E-state index contributed by atoms with van der Waals surface area (Å²) in [5.74, 6) is 3.04. The van der Waals surface area contributed by atoms with Crippen LogP contribution in [0.1, 0.15) is 140 Å². The lowest BCUT2D eigenvalue weighted by Gasteiger charge is -2.30. The Morgan fingerprint density at radius 1 is 0.943 bits per heavy atom. The van der Waals surface area contributed by atoms with E-state index in [4.69, 9.17) is 0 Å². The molecular formula is C35H56. The van der Waals surface area contributed by atoms with Gasteiger partial charge < -0.3 is 0 Å². The van der Waals surface area contributed by atoms with Gasteiger partial charge in [-0.2, -0.15) is 0 Å². The molecule has 0 amide bonds.